The van der Waals surface area contributed by atoms with Crippen LogP contribution in [0.5, 0.6) is 0 Å². The monoisotopic (exact) mass is 282 g/mol. The fourth-order valence-corrected chi connectivity index (χ4v) is 2.90. The third-order valence-electron chi connectivity index (χ3n) is 3.97. The molecule has 0 aliphatic heterocycles. The van der Waals surface area contributed by atoms with Gasteiger partial charge in [-0.05, 0) is 23.6 Å². The fraction of sp³-hybridized carbons (Fsp3) is 0.375. The van der Waals surface area contributed by atoms with Gasteiger partial charge in [-0.15, -0.1) is 0 Å². The van der Waals surface area contributed by atoms with Crippen LogP contribution in [0.4, 0.5) is 13.2 Å². The summed E-state index contributed by atoms with van der Waals surface area (Å²) in [6, 6.07) is 8.60. The van der Waals surface area contributed by atoms with Gasteiger partial charge in [-0.3, -0.25) is 0 Å². The van der Waals surface area contributed by atoms with Gasteiger partial charge in [-0.1, -0.05) is 50.3 Å². The molecule has 2 rings (SSSR count). The van der Waals surface area contributed by atoms with E-state index in [0.717, 1.165) is 6.08 Å². The van der Waals surface area contributed by atoms with Crippen molar-refractivity contribution in [1.82, 2.24) is 0 Å². The molecule has 1 aromatic rings. The molecule has 4 heteroatoms. The van der Waals surface area contributed by atoms with Gasteiger partial charge in [0, 0.05) is 5.92 Å². The highest BCUT2D eigenvalue weighted by Crippen LogP contribution is 2.56. The van der Waals surface area contributed by atoms with Crippen LogP contribution in [0.2, 0.25) is 0 Å². The number of hydrogen-bond acceptors (Lipinski definition) is 1. The van der Waals surface area contributed by atoms with Crippen LogP contribution in [0, 0.1) is 11.3 Å². The number of allylic oxidation sites excluding steroid dienone is 3. The molecule has 1 aliphatic carbocycles. The average Bonchev–Trinajstić information content (AvgIpc) is 2.38. The van der Waals surface area contributed by atoms with E-state index < -0.39 is 23.4 Å². The second-order valence-electron chi connectivity index (χ2n) is 5.40. The summed E-state index contributed by atoms with van der Waals surface area (Å²) >= 11 is 0. The Morgan fingerprint density at radius 2 is 1.75 bits per heavy atom. The maximum absolute atomic E-state index is 13.8. The van der Waals surface area contributed by atoms with E-state index in [2.05, 4.69) is 0 Å². The molecule has 0 radical (unpaired) electrons. The SMILES string of the molecule is CC(C)C1(C(F)(F)F)C=C(O)C=CC1c1ccccc1. The van der Waals surface area contributed by atoms with Crippen molar-refractivity contribution in [3.8, 4) is 0 Å². The maximum Gasteiger partial charge on any atom is 0.399 e. The molecule has 0 aromatic heterocycles. The topological polar surface area (TPSA) is 20.2 Å². The molecule has 1 aromatic carbocycles. The molecular weight excluding hydrogens is 265 g/mol. The molecule has 0 spiro atoms. The zero-order valence-electron chi connectivity index (χ0n) is 11.4. The van der Waals surface area contributed by atoms with Crippen molar-refractivity contribution in [1.29, 1.82) is 0 Å². The first-order valence-electron chi connectivity index (χ1n) is 6.50. The second kappa shape index (κ2) is 5.00. The zero-order chi connectivity index (χ0) is 15.0. The van der Waals surface area contributed by atoms with Gasteiger partial charge in [0.25, 0.3) is 0 Å². The molecule has 1 nitrogen and oxygen atoms in total. The van der Waals surface area contributed by atoms with Gasteiger partial charge < -0.3 is 5.11 Å². The van der Waals surface area contributed by atoms with Crippen molar-refractivity contribution in [3.63, 3.8) is 0 Å². The van der Waals surface area contributed by atoms with Gasteiger partial charge in [0.05, 0.1) is 0 Å². The molecule has 0 saturated heterocycles. The van der Waals surface area contributed by atoms with Crippen LogP contribution in [0.15, 0.2) is 54.3 Å². The van der Waals surface area contributed by atoms with Crippen LogP contribution in [0.3, 0.4) is 0 Å². The lowest BCUT2D eigenvalue weighted by molar-refractivity contribution is -0.225. The van der Waals surface area contributed by atoms with E-state index >= 15 is 0 Å². The minimum Gasteiger partial charge on any atom is -0.508 e. The number of aliphatic hydroxyl groups is 1. The van der Waals surface area contributed by atoms with Crippen LogP contribution in [0.1, 0.15) is 25.3 Å². The lowest BCUT2D eigenvalue weighted by atomic mass is 9.62. The third kappa shape index (κ3) is 2.23. The first kappa shape index (κ1) is 14.7. The summed E-state index contributed by atoms with van der Waals surface area (Å²) in [5, 5.41) is 9.60. The Morgan fingerprint density at radius 1 is 1.15 bits per heavy atom. The molecule has 1 aliphatic rings. The van der Waals surface area contributed by atoms with Crippen molar-refractivity contribution < 1.29 is 18.3 Å². The fourth-order valence-electron chi connectivity index (χ4n) is 2.90. The van der Waals surface area contributed by atoms with Gasteiger partial charge >= 0.3 is 6.18 Å². The Kier molecular flexibility index (Phi) is 3.67. The van der Waals surface area contributed by atoms with Gasteiger partial charge in [-0.2, -0.15) is 13.2 Å². The van der Waals surface area contributed by atoms with Crippen LogP contribution < -0.4 is 0 Å². The molecule has 0 fully saturated rings. The molecule has 0 amide bonds. The number of alkyl halides is 3. The zero-order valence-corrected chi connectivity index (χ0v) is 11.4. The Morgan fingerprint density at radius 3 is 2.25 bits per heavy atom. The average molecular weight is 282 g/mol. The van der Waals surface area contributed by atoms with Crippen molar-refractivity contribution in [3.05, 3.63) is 59.9 Å². The second-order valence-corrected chi connectivity index (χ2v) is 5.40. The van der Waals surface area contributed by atoms with Crippen molar-refractivity contribution >= 4 is 0 Å². The van der Waals surface area contributed by atoms with Crippen molar-refractivity contribution in [2.45, 2.75) is 25.9 Å². The Labute approximate surface area is 116 Å². The molecule has 1 N–H and O–H groups in total. The van der Waals surface area contributed by atoms with E-state index in [9.17, 15) is 18.3 Å². The molecule has 0 saturated carbocycles. The number of benzene rings is 1. The number of hydrogen-bond donors (Lipinski definition) is 1. The number of aliphatic hydroxyl groups excluding tert-OH is 1. The quantitative estimate of drug-likeness (QED) is 0.810. The van der Waals surface area contributed by atoms with E-state index in [1.165, 1.54) is 26.0 Å². The highest BCUT2D eigenvalue weighted by atomic mass is 19.4. The van der Waals surface area contributed by atoms with Gasteiger partial charge in [-0.25, -0.2) is 0 Å². The maximum atomic E-state index is 13.8. The summed E-state index contributed by atoms with van der Waals surface area (Å²) in [4.78, 5) is 0. The van der Waals surface area contributed by atoms with Gasteiger partial charge in [0.2, 0.25) is 0 Å². The van der Waals surface area contributed by atoms with Crippen LogP contribution in [-0.4, -0.2) is 11.3 Å². The van der Waals surface area contributed by atoms with Crippen LogP contribution in [0.25, 0.3) is 0 Å². The summed E-state index contributed by atoms with van der Waals surface area (Å²) in [5.41, 5.74) is -1.49. The molecule has 2 atom stereocenters. The minimum absolute atomic E-state index is 0.330. The normalized spacial score (nSPS) is 26.7. The highest BCUT2D eigenvalue weighted by Gasteiger charge is 2.60. The highest BCUT2D eigenvalue weighted by molar-refractivity contribution is 5.37. The van der Waals surface area contributed by atoms with E-state index in [0.29, 0.717) is 5.56 Å². The Balaban J connectivity index is 2.63. The molecule has 20 heavy (non-hydrogen) atoms. The Bertz CT molecular complexity index is 528. The van der Waals surface area contributed by atoms with E-state index in [1.54, 1.807) is 30.3 Å². The predicted octanol–water partition coefficient (Wildman–Crippen LogP) is 4.99. The summed E-state index contributed by atoms with van der Waals surface area (Å²) in [6.45, 7) is 3.07. The molecule has 2 unspecified atom stereocenters. The van der Waals surface area contributed by atoms with Crippen molar-refractivity contribution in [2.24, 2.45) is 11.3 Å². The molecule has 0 heterocycles. The summed E-state index contributed by atoms with van der Waals surface area (Å²) < 4.78 is 41.3. The smallest absolute Gasteiger partial charge is 0.399 e. The summed E-state index contributed by atoms with van der Waals surface area (Å²) in [5.74, 6) is -1.86. The minimum atomic E-state index is -4.44. The van der Waals surface area contributed by atoms with Gasteiger partial charge in [0.15, 0.2) is 0 Å². The predicted molar refractivity (Wildman–Crippen MR) is 72.4 cm³/mol. The summed E-state index contributed by atoms with van der Waals surface area (Å²) in [6.07, 6.45) is -0.710. The first-order valence-corrected chi connectivity index (χ1v) is 6.50. The lowest BCUT2D eigenvalue weighted by Gasteiger charge is -2.43. The number of halogens is 3. The first-order chi connectivity index (χ1) is 9.29. The lowest BCUT2D eigenvalue weighted by Crippen LogP contribution is -2.46. The van der Waals surface area contributed by atoms with Crippen molar-refractivity contribution in [2.75, 3.05) is 0 Å². The van der Waals surface area contributed by atoms with E-state index in [-0.39, 0.29) is 5.76 Å². The number of rotatable bonds is 2. The van der Waals surface area contributed by atoms with Crippen LogP contribution >= 0.6 is 0 Å². The van der Waals surface area contributed by atoms with Gasteiger partial charge in [0.1, 0.15) is 11.2 Å². The summed E-state index contributed by atoms with van der Waals surface area (Å²) in [7, 11) is 0. The van der Waals surface area contributed by atoms with Crippen LogP contribution in [-0.2, 0) is 0 Å². The van der Waals surface area contributed by atoms with E-state index in [4.69, 9.17) is 0 Å². The van der Waals surface area contributed by atoms with E-state index in [1.807, 2.05) is 0 Å². The molecule has 0 bridgehead atoms. The molecular formula is C16H17F3O. The molecule has 108 valence electrons. The Hall–Kier alpha value is -1.71. The largest absolute Gasteiger partial charge is 0.508 e. The third-order valence-corrected chi connectivity index (χ3v) is 3.97. The standard InChI is InChI=1S/C16H17F3O/c1-11(2)15(16(17,18)19)10-13(20)8-9-14(15)12-6-4-3-5-7-12/h3-11,14,20H,1-2H3.